The monoisotopic (exact) mass is 455 g/mol. The fourth-order valence-electron chi connectivity index (χ4n) is 2.98. The van der Waals surface area contributed by atoms with Gasteiger partial charge >= 0.3 is 0 Å². The lowest BCUT2D eigenvalue weighted by molar-refractivity contribution is -0.113. The van der Waals surface area contributed by atoms with Gasteiger partial charge in [-0.1, -0.05) is 23.9 Å². The molecule has 1 amide bonds. The molecule has 0 bridgehead atoms. The SMILES string of the molecule is COc1ccc(NC(=O)CSc2nc(-c3ccccc3F)nc3cc(=O)[nH]n23)cc1OC. The van der Waals surface area contributed by atoms with Crippen molar-refractivity contribution in [3.63, 3.8) is 0 Å². The summed E-state index contributed by atoms with van der Waals surface area (Å²) in [5.74, 6) is 0.324. The van der Waals surface area contributed by atoms with Crippen molar-refractivity contribution in [2.75, 3.05) is 25.3 Å². The third-order valence-corrected chi connectivity index (χ3v) is 5.38. The number of H-pyrrole nitrogens is 1. The highest BCUT2D eigenvalue weighted by Gasteiger charge is 2.15. The summed E-state index contributed by atoms with van der Waals surface area (Å²) in [6.07, 6.45) is 0. The number of aromatic nitrogens is 4. The maximum absolute atomic E-state index is 14.2. The summed E-state index contributed by atoms with van der Waals surface area (Å²) in [6.45, 7) is 0. The number of anilines is 1. The first-order valence-corrected chi connectivity index (χ1v) is 10.4. The molecule has 11 heteroatoms. The van der Waals surface area contributed by atoms with Gasteiger partial charge in [-0.05, 0) is 24.3 Å². The van der Waals surface area contributed by atoms with Crippen LogP contribution < -0.4 is 20.3 Å². The van der Waals surface area contributed by atoms with Crippen molar-refractivity contribution in [3.8, 4) is 22.9 Å². The van der Waals surface area contributed by atoms with E-state index in [4.69, 9.17) is 9.47 Å². The first-order valence-electron chi connectivity index (χ1n) is 9.38. The smallest absolute Gasteiger partial charge is 0.266 e. The lowest BCUT2D eigenvalue weighted by atomic mass is 10.2. The number of nitrogens with zero attached hydrogens (tertiary/aromatic N) is 3. The number of hydrogen-bond donors (Lipinski definition) is 2. The van der Waals surface area contributed by atoms with Crippen molar-refractivity contribution in [3.05, 3.63) is 64.7 Å². The van der Waals surface area contributed by atoms with Crippen LogP contribution in [-0.4, -0.2) is 45.5 Å². The highest BCUT2D eigenvalue weighted by molar-refractivity contribution is 7.99. The molecule has 2 aromatic carbocycles. The fourth-order valence-corrected chi connectivity index (χ4v) is 3.74. The van der Waals surface area contributed by atoms with Crippen LogP contribution in [0, 0.1) is 5.82 Å². The summed E-state index contributed by atoms with van der Waals surface area (Å²) in [7, 11) is 3.03. The Labute approximate surface area is 185 Å². The minimum Gasteiger partial charge on any atom is -0.493 e. The number of carbonyl (C=O) groups is 1. The number of nitrogens with one attached hydrogen (secondary N) is 2. The number of aromatic amines is 1. The summed E-state index contributed by atoms with van der Waals surface area (Å²) in [5.41, 5.74) is 0.607. The van der Waals surface area contributed by atoms with E-state index < -0.39 is 5.82 Å². The molecule has 0 radical (unpaired) electrons. The fraction of sp³-hybridized carbons (Fsp3) is 0.143. The molecule has 0 unspecified atom stereocenters. The van der Waals surface area contributed by atoms with E-state index in [1.165, 1.54) is 30.9 Å². The Hall–Kier alpha value is -3.86. The molecule has 164 valence electrons. The molecule has 2 heterocycles. The standard InChI is InChI=1S/C21H18FN5O4S/c1-30-15-8-7-12(9-16(15)31-2)23-19(29)11-32-21-25-20(13-5-3-4-6-14(13)22)24-17-10-18(28)26-27(17)21/h3-10H,11H2,1-2H3,(H,23,29)(H,26,28). The zero-order chi connectivity index (χ0) is 22.7. The molecular weight excluding hydrogens is 437 g/mol. The Morgan fingerprint density at radius 2 is 1.91 bits per heavy atom. The number of amides is 1. The van der Waals surface area contributed by atoms with E-state index in [9.17, 15) is 14.0 Å². The Kier molecular flexibility index (Phi) is 6.08. The summed E-state index contributed by atoms with van der Waals surface area (Å²) in [5, 5.41) is 5.64. The zero-order valence-electron chi connectivity index (χ0n) is 17.1. The molecular formula is C21H18FN5O4S. The number of fused-ring (bicyclic) bond motifs is 1. The van der Waals surface area contributed by atoms with E-state index in [1.54, 1.807) is 36.4 Å². The third kappa shape index (κ3) is 4.42. The molecule has 0 aliphatic heterocycles. The second-order valence-electron chi connectivity index (χ2n) is 6.53. The Bertz CT molecular complexity index is 1350. The van der Waals surface area contributed by atoms with Crippen LogP contribution >= 0.6 is 11.8 Å². The van der Waals surface area contributed by atoms with Crippen molar-refractivity contribution in [1.82, 2.24) is 19.6 Å². The van der Waals surface area contributed by atoms with Gasteiger partial charge in [-0.15, -0.1) is 0 Å². The topological polar surface area (TPSA) is 111 Å². The van der Waals surface area contributed by atoms with Crippen molar-refractivity contribution in [2.45, 2.75) is 5.16 Å². The predicted molar refractivity (Wildman–Crippen MR) is 118 cm³/mol. The van der Waals surface area contributed by atoms with Crippen LogP contribution in [0.15, 0.2) is 58.5 Å². The van der Waals surface area contributed by atoms with Gasteiger partial charge in [-0.3, -0.25) is 14.7 Å². The van der Waals surface area contributed by atoms with Crippen LogP contribution in [0.5, 0.6) is 11.5 Å². The first-order chi connectivity index (χ1) is 15.5. The van der Waals surface area contributed by atoms with Gasteiger partial charge in [0, 0.05) is 17.8 Å². The van der Waals surface area contributed by atoms with Crippen LogP contribution in [0.2, 0.25) is 0 Å². The molecule has 4 aromatic rings. The normalized spacial score (nSPS) is 10.8. The van der Waals surface area contributed by atoms with Crippen LogP contribution in [0.25, 0.3) is 17.0 Å². The molecule has 32 heavy (non-hydrogen) atoms. The van der Waals surface area contributed by atoms with E-state index in [0.717, 1.165) is 11.8 Å². The highest BCUT2D eigenvalue weighted by Crippen LogP contribution is 2.30. The molecule has 4 rings (SSSR count). The van der Waals surface area contributed by atoms with Crippen molar-refractivity contribution >= 4 is 29.0 Å². The molecule has 2 aromatic heterocycles. The molecule has 0 aliphatic carbocycles. The van der Waals surface area contributed by atoms with Crippen molar-refractivity contribution < 1.29 is 18.7 Å². The molecule has 9 nitrogen and oxygen atoms in total. The Morgan fingerprint density at radius 1 is 1.12 bits per heavy atom. The average Bonchev–Trinajstić information content (AvgIpc) is 3.17. The van der Waals surface area contributed by atoms with E-state index >= 15 is 0 Å². The van der Waals surface area contributed by atoms with E-state index in [-0.39, 0.29) is 39.4 Å². The molecule has 0 saturated heterocycles. The number of hydrogen-bond acceptors (Lipinski definition) is 7. The average molecular weight is 455 g/mol. The summed E-state index contributed by atoms with van der Waals surface area (Å²) in [4.78, 5) is 32.9. The second-order valence-corrected chi connectivity index (χ2v) is 7.47. The number of carbonyl (C=O) groups excluding carboxylic acids is 1. The van der Waals surface area contributed by atoms with E-state index in [2.05, 4.69) is 20.4 Å². The van der Waals surface area contributed by atoms with Gasteiger partial charge in [0.2, 0.25) is 5.91 Å². The van der Waals surface area contributed by atoms with Crippen molar-refractivity contribution in [2.24, 2.45) is 0 Å². The van der Waals surface area contributed by atoms with Crippen LogP contribution in [0.4, 0.5) is 10.1 Å². The van der Waals surface area contributed by atoms with Crippen LogP contribution in [0.1, 0.15) is 0 Å². The number of rotatable bonds is 7. The maximum Gasteiger partial charge on any atom is 0.266 e. The summed E-state index contributed by atoms with van der Waals surface area (Å²) in [6, 6.07) is 12.4. The summed E-state index contributed by atoms with van der Waals surface area (Å²) >= 11 is 1.07. The Morgan fingerprint density at radius 3 is 2.66 bits per heavy atom. The first kappa shape index (κ1) is 21.4. The van der Waals surface area contributed by atoms with Gasteiger partial charge in [0.05, 0.1) is 25.5 Å². The number of thioether (sulfide) groups is 1. The predicted octanol–water partition coefficient (Wildman–Crippen LogP) is 2.97. The van der Waals surface area contributed by atoms with Gasteiger partial charge < -0.3 is 14.8 Å². The van der Waals surface area contributed by atoms with Gasteiger partial charge in [0.1, 0.15) is 5.82 Å². The molecule has 0 aliphatic rings. The zero-order valence-corrected chi connectivity index (χ0v) is 17.9. The van der Waals surface area contributed by atoms with E-state index in [1.807, 2.05) is 0 Å². The molecule has 0 fully saturated rings. The van der Waals surface area contributed by atoms with Crippen LogP contribution in [0.3, 0.4) is 0 Å². The Balaban J connectivity index is 1.57. The second kappa shape index (κ2) is 9.10. The van der Waals surface area contributed by atoms with Crippen molar-refractivity contribution in [1.29, 1.82) is 0 Å². The molecule has 0 atom stereocenters. The maximum atomic E-state index is 14.2. The highest BCUT2D eigenvalue weighted by atomic mass is 32.2. The number of halogens is 1. The molecule has 2 N–H and O–H groups in total. The molecule has 0 saturated carbocycles. The lowest BCUT2D eigenvalue weighted by Crippen LogP contribution is -2.15. The van der Waals surface area contributed by atoms with Gasteiger partial charge in [-0.25, -0.2) is 18.9 Å². The van der Waals surface area contributed by atoms with E-state index in [0.29, 0.717) is 17.2 Å². The summed E-state index contributed by atoms with van der Waals surface area (Å²) < 4.78 is 26.0. The number of benzene rings is 2. The number of ether oxygens (including phenoxy) is 2. The van der Waals surface area contributed by atoms with Crippen LogP contribution in [-0.2, 0) is 4.79 Å². The third-order valence-electron chi connectivity index (χ3n) is 4.44. The molecule has 0 spiro atoms. The van der Waals surface area contributed by atoms with Gasteiger partial charge in [-0.2, -0.15) is 0 Å². The minimum absolute atomic E-state index is 0.0165. The quantitative estimate of drug-likeness (QED) is 0.412. The lowest BCUT2D eigenvalue weighted by Gasteiger charge is -2.11. The largest absolute Gasteiger partial charge is 0.493 e. The number of methoxy groups -OCH3 is 2. The van der Waals surface area contributed by atoms with Gasteiger partial charge in [0.25, 0.3) is 5.56 Å². The minimum atomic E-state index is -0.489. The van der Waals surface area contributed by atoms with Gasteiger partial charge in [0.15, 0.2) is 28.1 Å².